The number of nitrogens with zero attached hydrogens (tertiary/aromatic N) is 1. The summed E-state index contributed by atoms with van der Waals surface area (Å²) in [7, 11) is 0. The van der Waals surface area contributed by atoms with Crippen LogP contribution in [0.3, 0.4) is 0 Å². The van der Waals surface area contributed by atoms with Crippen LogP contribution in [0.1, 0.15) is 47.0 Å². The summed E-state index contributed by atoms with van der Waals surface area (Å²) in [5.41, 5.74) is 5.82. The van der Waals surface area contributed by atoms with Gasteiger partial charge in [-0.3, -0.25) is 14.4 Å². The molecule has 29 heavy (non-hydrogen) atoms. The summed E-state index contributed by atoms with van der Waals surface area (Å²) >= 11 is 4.13. The van der Waals surface area contributed by atoms with Crippen LogP contribution in [0.4, 0.5) is 0 Å². The lowest BCUT2D eigenvalue weighted by atomic mass is 10.0. The van der Waals surface area contributed by atoms with E-state index in [1.54, 1.807) is 13.8 Å². The molecule has 10 heteroatoms. The fraction of sp³-hybridized carbons (Fsp3) is 0.789. The first-order valence-corrected chi connectivity index (χ1v) is 10.6. The molecule has 0 aromatic carbocycles. The molecule has 1 heterocycles. The quantitative estimate of drug-likeness (QED) is 0.309. The molecule has 0 aromatic rings. The zero-order valence-corrected chi connectivity index (χ0v) is 18.4. The third-order valence-electron chi connectivity index (χ3n) is 4.98. The van der Waals surface area contributed by atoms with E-state index >= 15 is 0 Å². The number of rotatable bonds is 10. The second-order valence-electron chi connectivity index (χ2n) is 8.23. The average Bonchev–Trinajstić information content (AvgIpc) is 3.13. The molecular formula is C19H34N4O5S. The van der Waals surface area contributed by atoms with Crippen LogP contribution in [0.25, 0.3) is 0 Å². The highest BCUT2D eigenvalue weighted by molar-refractivity contribution is 7.80. The number of carboxylic acid groups (broad SMARTS) is 1. The van der Waals surface area contributed by atoms with E-state index < -0.39 is 47.9 Å². The van der Waals surface area contributed by atoms with Gasteiger partial charge in [0.15, 0.2) is 0 Å². The number of likely N-dealkylation sites (tertiary alicyclic amines) is 1. The van der Waals surface area contributed by atoms with Crippen molar-refractivity contribution in [3.63, 3.8) is 0 Å². The largest absolute Gasteiger partial charge is 0.480 e. The van der Waals surface area contributed by atoms with Crippen molar-refractivity contribution in [2.24, 2.45) is 17.6 Å². The summed E-state index contributed by atoms with van der Waals surface area (Å²) in [6.07, 6.45) is 1.35. The molecule has 9 nitrogen and oxygen atoms in total. The van der Waals surface area contributed by atoms with E-state index in [1.165, 1.54) is 4.90 Å². The molecule has 1 saturated heterocycles. The second kappa shape index (κ2) is 11.4. The standard InChI is InChI=1S/C19H34N4O5S/c1-10(2)8-12(18(26)23-7-5-6-14(23)19(27)28)21-16(24)13(9-29)22-17(25)15(20)11(3)4/h10-15,29H,5-9,20H2,1-4H3,(H,21,24)(H,22,25)(H,27,28). The summed E-state index contributed by atoms with van der Waals surface area (Å²) in [4.78, 5) is 50.6. The highest BCUT2D eigenvalue weighted by atomic mass is 32.1. The van der Waals surface area contributed by atoms with Crippen LogP contribution in [-0.4, -0.2) is 70.2 Å². The maximum Gasteiger partial charge on any atom is 0.326 e. The lowest BCUT2D eigenvalue weighted by Gasteiger charge is -2.29. The van der Waals surface area contributed by atoms with Crippen molar-refractivity contribution < 1.29 is 24.3 Å². The number of amides is 3. The molecule has 1 fully saturated rings. The molecule has 0 saturated carbocycles. The zero-order chi connectivity index (χ0) is 22.3. The average molecular weight is 431 g/mol. The van der Waals surface area contributed by atoms with E-state index in [1.807, 2.05) is 13.8 Å². The molecule has 0 aliphatic carbocycles. The van der Waals surface area contributed by atoms with Crippen LogP contribution < -0.4 is 16.4 Å². The molecule has 1 aliphatic rings. The fourth-order valence-electron chi connectivity index (χ4n) is 3.22. The van der Waals surface area contributed by atoms with Crippen molar-refractivity contribution in [1.29, 1.82) is 0 Å². The Morgan fingerprint density at radius 3 is 2.17 bits per heavy atom. The molecule has 4 unspecified atom stereocenters. The summed E-state index contributed by atoms with van der Waals surface area (Å²) in [5, 5.41) is 14.6. The van der Waals surface area contributed by atoms with Gasteiger partial charge >= 0.3 is 5.97 Å². The van der Waals surface area contributed by atoms with Crippen molar-refractivity contribution in [3.8, 4) is 0 Å². The Bertz CT molecular complexity index is 613. The molecule has 0 radical (unpaired) electrons. The molecule has 166 valence electrons. The smallest absolute Gasteiger partial charge is 0.326 e. The zero-order valence-electron chi connectivity index (χ0n) is 17.6. The van der Waals surface area contributed by atoms with Gasteiger partial charge in [0.1, 0.15) is 18.1 Å². The number of carbonyl (C=O) groups is 4. The monoisotopic (exact) mass is 430 g/mol. The number of hydrogen-bond donors (Lipinski definition) is 5. The Balaban J connectivity index is 2.90. The van der Waals surface area contributed by atoms with Gasteiger partial charge in [0, 0.05) is 12.3 Å². The van der Waals surface area contributed by atoms with E-state index in [-0.39, 0.29) is 17.6 Å². The summed E-state index contributed by atoms with van der Waals surface area (Å²) in [5.74, 6) is -2.45. The summed E-state index contributed by atoms with van der Waals surface area (Å²) in [6, 6.07) is -3.47. The van der Waals surface area contributed by atoms with Crippen LogP contribution in [-0.2, 0) is 19.2 Å². The van der Waals surface area contributed by atoms with Gasteiger partial charge in [-0.2, -0.15) is 12.6 Å². The number of aliphatic carboxylic acids is 1. The Morgan fingerprint density at radius 2 is 1.69 bits per heavy atom. The molecule has 4 atom stereocenters. The topological polar surface area (TPSA) is 142 Å². The van der Waals surface area contributed by atoms with Crippen LogP contribution in [0.2, 0.25) is 0 Å². The van der Waals surface area contributed by atoms with Crippen molar-refractivity contribution >= 4 is 36.3 Å². The van der Waals surface area contributed by atoms with Gasteiger partial charge in [0.05, 0.1) is 6.04 Å². The van der Waals surface area contributed by atoms with Gasteiger partial charge < -0.3 is 26.4 Å². The maximum absolute atomic E-state index is 13.0. The molecule has 1 aliphatic heterocycles. The van der Waals surface area contributed by atoms with Gasteiger partial charge in [-0.15, -0.1) is 0 Å². The van der Waals surface area contributed by atoms with Crippen molar-refractivity contribution in [2.45, 2.75) is 71.1 Å². The first kappa shape index (κ1) is 25.2. The fourth-order valence-corrected chi connectivity index (χ4v) is 3.47. The third kappa shape index (κ3) is 7.18. The molecule has 5 N–H and O–H groups in total. The molecular weight excluding hydrogens is 396 g/mol. The number of nitrogens with two attached hydrogens (primary N) is 1. The van der Waals surface area contributed by atoms with E-state index in [2.05, 4.69) is 23.3 Å². The SMILES string of the molecule is CC(C)CC(NC(=O)C(CS)NC(=O)C(N)C(C)C)C(=O)N1CCCC1C(=O)O. The van der Waals surface area contributed by atoms with Crippen LogP contribution >= 0.6 is 12.6 Å². The number of nitrogens with one attached hydrogen (secondary N) is 2. The maximum atomic E-state index is 13.0. The highest BCUT2D eigenvalue weighted by Gasteiger charge is 2.38. The molecule has 0 bridgehead atoms. The Hall–Kier alpha value is -1.81. The van der Waals surface area contributed by atoms with Gasteiger partial charge in [0.2, 0.25) is 17.7 Å². The normalized spacial score (nSPS) is 19.7. The van der Waals surface area contributed by atoms with E-state index in [0.717, 1.165) is 0 Å². The minimum atomic E-state index is -1.05. The summed E-state index contributed by atoms with van der Waals surface area (Å²) in [6.45, 7) is 7.75. The van der Waals surface area contributed by atoms with Gasteiger partial charge in [-0.1, -0.05) is 27.7 Å². The van der Waals surface area contributed by atoms with Crippen LogP contribution in [0.5, 0.6) is 0 Å². The lowest BCUT2D eigenvalue weighted by molar-refractivity contribution is -0.149. The molecule has 0 aromatic heterocycles. The predicted octanol–water partition coefficient (Wildman–Crippen LogP) is -0.00920. The van der Waals surface area contributed by atoms with Crippen molar-refractivity contribution in [3.05, 3.63) is 0 Å². The Morgan fingerprint density at radius 1 is 1.10 bits per heavy atom. The van der Waals surface area contributed by atoms with Gasteiger partial charge in [-0.05, 0) is 31.1 Å². The van der Waals surface area contributed by atoms with Gasteiger partial charge in [0.25, 0.3) is 0 Å². The first-order valence-electron chi connectivity index (χ1n) is 10.00. The summed E-state index contributed by atoms with van der Waals surface area (Å²) < 4.78 is 0. The van der Waals surface area contributed by atoms with E-state index in [0.29, 0.717) is 25.8 Å². The van der Waals surface area contributed by atoms with Crippen LogP contribution in [0.15, 0.2) is 0 Å². The predicted molar refractivity (Wildman–Crippen MR) is 112 cm³/mol. The number of hydrogen-bond acceptors (Lipinski definition) is 6. The third-order valence-corrected chi connectivity index (χ3v) is 5.34. The Labute approximate surface area is 177 Å². The van der Waals surface area contributed by atoms with Crippen LogP contribution in [0, 0.1) is 11.8 Å². The minimum absolute atomic E-state index is 0.0342. The molecule has 3 amide bonds. The first-order chi connectivity index (χ1) is 13.5. The van der Waals surface area contributed by atoms with E-state index in [9.17, 15) is 24.3 Å². The van der Waals surface area contributed by atoms with Gasteiger partial charge in [-0.25, -0.2) is 4.79 Å². The molecule has 1 rings (SSSR count). The number of carbonyl (C=O) groups excluding carboxylic acids is 3. The minimum Gasteiger partial charge on any atom is -0.480 e. The second-order valence-corrected chi connectivity index (χ2v) is 8.60. The van der Waals surface area contributed by atoms with Crippen molar-refractivity contribution in [1.82, 2.24) is 15.5 Å². The molecule has 0 spiro atoms. The Kier molecular flexibility index (Phi) is 9.91. The lowest BCUT2D eigenvalue weighted by Crippen LogP contribution is -2.58. The highest BCUT2D eigenvalue weighted by Crippen LogP contribution is 2.20. The van der Waals surface area contributed by atoms with E-state index in [4.69, 9.17) is 5.73 Å². The number of carboxylic acids is 1. The van der Waals surface area contributed by atoms with Crippen molar-refractivity contribution in [2.75, 3.05) is 12.3 Å². The number of thiol groups is 1.